The van der Waals surface area contributed by atoms with Crippen LogP contribution in [-0.4, -0.2) is 27.8 Å². The van der Waals surface area contributed by atoms with Crippen LogP contribution >= 0.6 is 0 Å². The molecule has 0 aromatic heterocycles. The Kier molecular flexibility index (Phi) is 3.92. The third-order valence-corrected chi connectivity index (χ3v) is 5.06. The zero-order chi connectivity index (χ0) is 13.2. The topological polar surface area (TPSA) is 55.4 Å². The number of benzene rings is 1. The van der Waals surface area contributed by atoms with Gasteiger partial charge in [-0.1, -0.05) is 6.92 Å². The first kappa shape index (κ1) is 13.4. The van der Waals surface area contributed by atoms with Crippen LogP contribution in [0.4, 0.5) is 0 Å². The summed E-state index contributed by atoms with van der Waals surface area (Å²) in [5.74, 6) is 0.919. The van der Waals surface area contributed by atoms with E-state index in [4.69, 9.17) is 4.74 Å². The summed E-state index contributed by atoms with van der Waals surface area (Å²) < 4.78 is 29.2. The summed E-state index contributed by atoms with van der Waals surface area (Å²) in [6, 6.07) is 5.31. The molecule has 5 heteroatoms. The van der Waals surface area contributed by atoms with Gasteiger partial charge in [0.05, 0.1) is 17.8 Å². The number of methoxy groups -OCH3 is 1. The number of ether oxygens (including phenoxy) is 1. The minimum absolute atomic E-state index is 0.110. The zero-order valence-electron chi connectivity index (χ0n) is 10.8. The summed E-state index contributed by atoms with van der Waals surface area (Å²) in [5.41, 5.74) is 0.842. The summed E-state index contributed by atoms with van der Waals surface area (Å²) in [6.45, 7) is 2.99. The van der Waals surface area contributed by atoms with Crippen LogP contribution in [0.2, 0.25) is 0 Å². The highest BCUT2D eigenvalue weighted by Crippen LogP contribution is 2.34. The van der Waals surface area contributed by atoms with E-state index in [0.29, 0.717) is 17.1 Å². The molecule has 1 atom stereocenters. The smallest absolute Gasteiger partial charge is 0.178 e. The van der Waals surface area contributed by atoms with Gasteiger partial charge in [0.2, 0.25) is 0 Å². The van der Waals surface area contributed by atoms with E-state index in [-0.39, 0.29) is 11.8 Å². The van der Waals surface area contributed by atoms with E-state index in [9.17, 15) is 8.42 Å². The lowest BCUT2D eigenvalue weighted by atomic mass is 10.0. The standard InChI is InChI=1S/C13H19NO3S/c1-3-7-14-12-6-8-18(15,16)13-5-4-10(17-2)9-11(12)13/h4-5,9,12,14H,3,6-8H2,1-2H3. The Bertz CT molecular complexity index is 525. The number of sulfone groups is 1. The molecule has 0 spiro atoms. The van der Waals surface area contributed by atoms with E-state index in [2.05, 4.69) is 12.2 Å². The van der Waals surface area contributed by atoms with Gasteiger partial charge in [0, 0.05) is 6.04 Å². The van der Waals surface area contributed by atoms with Gasteiger partial charge in [0.1, 0.15) is 5.75 Å². The maximum atomic E-state index is 12.0. The zero-order valence-corrected chi connectivity index (χ0v) is 11.6. The van der Waals surface area contributed by atoms with Crippen LogP contribution in [0.25, 0.3) is 0 Å². The number of hydrogen-bond donors (Lipinski definition) is 1. The van der Waals surface area contributed by atoms with Crippen LogP contribution in [0.15, 0.2) is 23.1 Å². The predicted molar refractivity (Wildman–Crippen MR) is 70.7 cm³/mol. The van der Waals surface area contributed by atoms with Gasteiger partial charge in [-0.3, -0.25) is 0 Å². The molecule has 1 aromatic carbocycles. The van der Waals surface area contributed by atoms with E-state index in [0.717, 1.165) is 18.5 Å². The van der Waals surface area contributed by atoms with Crippen molar-refractivity contribution in [3.63, 3.8) is 0 Å². The highest BCUT2D eigenvalue weighted by atomic mass is 32.2. The molecular weight excluding hydrogens is 250 g/mol. The summed E-state index contributed by atoms with van der Waals surface area (Å²) in [5, 5.41) is 3.40. The summed E-state index contributed by atoms with van der Waals surface area (Å²) in [7, 11) is -1.53. The number of hydrogen-bond acceptors (Lipinski definition) is 4. The summed E-state index contributed by atoms with van der Waals surface area (Å²) in [6.07, 6.45) is 1.66. The Morgan fingerprint density at radius 1 is 1.44 bits per heavy atom. The van der Waals surface area contributed by atoms with Crippen LogP contribution in [0.1, 0.15) is 31.4 Å². The first-order chi connectivity index (χ1) is 8.58. The summed E-state index contributed by atoms with van der Waals surface area (Å²) >= 11 is 0. The Hall–Kier alpha value is -1.07. The second kappa shape index (κ2) is 5.28. The molecule has 1 N–H and O–H groups in total. The third kappa shape index (κ3) is 2.52. The Labute approximate surface area is 108 Å². The van der Waals surface area contributed by atoms with Gasteiger partial charge in [-0.25, -0.2) is 8.42 Å². The number of nitrogens with one attached hydrogen (secondary N) is 1. The molecule has 0 bridgehead atoms. The molecule has 1 unspecified atom stereocenters. The SMILES string of the molecule is CCCNC1CCS(=O)(=O)c2ccc(OC)cc21. The van der Waals surface area contributed by atoms with Gasteiger partial charge >= 0.3 is 0 Å². The normalized spacial score (nSPS) is 21.3. The van der Waals surface area contributed by atoms with Crippen molar-refractivity contribution in [1.82, 2.24) is 5.32 Å². The highest BCUT2D eigenvalue weighted by Gasteiger charge is 2.30. The van der Waals surface area contributed by atoms with Crippen LogP contribution < -0.4 is 10.1 Å². The van der Waals surface area contributed by atoms with Crippen molar-refractivity contribution >= 4 is 9.84 Å². The molecule has 0 fully saturated rings. The molecule has 1 aromatic rings. The fourth-order valence-electron chi connectivity index (χ4n) is 2.28. The van der Waals surface area contributed by atoms with Crippen molar-refractivity contribution < 1.29 is 13.2 Å². The van der Waals surface area contributed by atoms with Gasteiger partial charge < -0.3 is 10.1 Å². The van der Waals surface area contributed by atoms with Gasteiger partial charge in [-0.2, -0.15) is 0 Å². The first-order valence-electron chi connectivity index (χ1n) is 6.22. The maximum absolute atomic E-state index is 12.0. The number of fused-ring (bicyclic) bond motifs is 1. The minimum atomic E-state index is -3.12. The van der Waals surface area contributed by atoms with Crippen LogP contribution in [0.5, 0.6) is 5.75 Å². The fourth-order valence-corrected chi connectivity index (χ4v) is 3.88. The molecule has 1 heterocycles. The molecule has 0 radical (unpaired) electrons. The third-order valence-electron chi connectivity index (χ3n) is 3.24. The summed E-state index contributed by atoms with van der Waals surface area (Å²) in [4.78, 5) is 0.447. The monoisotopic (exact) mass is 269 g/mol. The Balaban J connectivity index is 2.42. The number of rotatable bonds is 4. The quantitative estimate of drug-likeness (QED) is 0.907. The van der Waals surface area contributed by atoms with Crippen LogP contribution in [-0.2, 0) is 9.84 Å². The molecule has 18 heavy (non-hydrogen) atoms. The maximum Gasteiger partial charge on any atom is 0.178 e. The Morgan fingerprint density at radius 3 is 2.89 bits per heavy atom. The molecule has 4 nitrogen and oxygen atoms in total. The molecule has 1 aliphatic rings. The van der Waals surface area contributed by atoms with Crippen LogP contribution in [0, 0.1) is 0 Å². The molecule has 2 rings (SSSR count). The molecule has 0 saturated heterocycles. The van der Waals surface area contributed by atoms with Crippen molar-refractivity contribution in [2.24, 2.45) is 0 Å². The largest absolute Gasteiger partial charge is 0.497 e. The lowest BCUT2D eigenvalue weighted by Crippen LogP contribution is -2.30. The molecule has 0 saturated carbocycles. The van der Waals surface area contributed by atoms with Crippen molar-refractivity contribution in [2.75, 3.05) is 19.4 Å². The predicted octanol–water partition coefficient (Wildman–Crippen LogP) is 1.91. The molecule has 1 aliphatic heterocycles. The van der Waals surface area contributed by atoms with Gasteiger partial charge in [0.15, 0.2) is 9.84 Å². The van der Waals surface area contributed by atoms with E-state index < -0.39 is 9.84 Å². The van der Waals surface area contributed by atoms with E-state index in [1.54, 1.807) is 19.2 Å². The van der Waals surface area contributed by atoms with Crippen LogP contribution in [0.3, 0.4) is 0 Å². The van der Waals surface area contributed by atoms with Crippen molar-refractivity contribution in [3.8, 4) is 5.75 Å². The van der Waals surface area contributed by atoms with Crippen molar-refractivity contribution in [2.45, 2.75) is 30.7 Å². The average Bonchev–Trinajstić information content (AvgIpc) is 2.37. The minimum Gasteiger partial charge on any atom is -0.497 e. The molecule has 0 amide bonds. The molecule has 100 valence electrons. The van der Waals surface area contributed by atoms with E-state index in [1.807, 2.05) is 6.07 Å². The van der Waals surface area contributed by atoms with Crippen molar-refractivity contribution in [1.29, 1.82) is 0 Å². The highest BCUT2D eigenvalue weighted by molar-refractivity contribution is 7.91. The van der Waals surface area contributed by atoms with E-state index >= 15 is 0 Å². The molecule has 0 aliphatic carbocycles. The van der Waals surface area contributed by atoms with Gasteiger partial charge in [0.25, 0.3) is 0 Å². The second-order valence-electron chi connectivity index (χ2n) is 4.52. The van der Waals surface area contributed by atoms with E-state index in [1.165, 1.54) is 0 Å². The lowest BCUT2D eigenvalue weighted by Gasteiger charge is -2.26. The van der Waals surface area contributed by atoms with Crippen molar-refractivity contribution in [3.05, 3.63) is 23.8 Å². The molecular formula is C13H19NO3S. The second-order valence-corrected chi connectivity index (χ2v) is 6.60. The lowest BCUT2D eigenvalue weighted by molar-refractivity contribution is 0.411. The van der Waals surface area contributed by atoms with Gasteiger partial charge in [-0.05, 0) is 43.1 Å². The Morgan fingerprint density at radius 2 is 2.22 bits per heavy atom. The van der Waals surface area contributed by atoms with Gasteiger partial charge in [-0.15, -0.1) is 0 Å². The average molecular weight is 269 g/mol. The first-order valence-corrected chi connectivity index (χ1v) is 7.88. The fraction of sp³-hybridized carbons (Fsp3) is 0.538.